The van der Waals surface area contributed by atoms with Crippen molar-refractivity contribution < 1.29 is 13.5 Å². The van der Waals surface area contributed by atoms with Crippen LogP contribution in [0.5, 0.6) is 5.75 Å². The van der Waals surface area contributed by atoms with E-state index in [1.807, 2.05) is 18.2 Å². The van der Waals surface area contributed by atoms with Gasteiger partial charge in [0.05, 0.1) is 10.5 Å². The molecular formula is C20H21BrF2N2O. The van der Waals surface area contributed by atoms with Gasteiger partial charge in [-0.25, -0.2) is 8.78 Å². The number of rotatable bonds is 3. The minimum Gasteiger partial charge on any atom is -0.480 e. The van der Waals surface area contributed by atoms with Gasteiger partial charge in [-0.15, -0.1) is 0 Å². The Morgan fingerprint density at radius 2 is 2.00 bits per heavy atom. The molecule has 1 saturated heterocycles. The summed E-state index contributed by atoms with van der Waals surface area (Å²) in [6, 6.07) is 10.4. The van der Waals surface area contributed by atoms with E-state index in [1.165, 1.54) is 11.6 Å². The molecule has 26 heavy (non-hydrogen) atoms. The van der Waals surface area contributed by atoms with Gasteiger partial charge in [-0.2, -0.15) is 0 Å². The van der Waals surface area contributed by atoms with Crippen LogP contribution >= 0.6 is 15.9 Å². The van der Waals surface area contributed by atoms with Gasteiger partial charge < -0.3 is 10.5 Å². The average Bonchev–Trinajstić information content (AvgIpc) is 2.96. The standard InChI is InChI=1S/C20H21BrF2N2O/c21-16-9-13(22)10-17(23)20(16)26-19-15-6-2-1-4-12(15)8-18(19)25-7-3-5-14(24)11-25/h1-2,4,6,9-10,14,18-19H,3,5,7-8,11,24H2. The summed E-state index contributed by atoms with van der Waals surface area (Å²) in [5.74, 6) is -1.28. The lowest BCUT2D eigenvalue weighted by Gasteiger charge is -2.38. The fourth-order valence-electron chi connectivity index (χ4n) is 4.11. The van der Waals surface area contributed by atoms with E-state index in [1.54, 1.807) is 0 Å². The van der Waals surface area contributed by atoms with Crippen LogP contribution in [-0.2, 0) is 6.42 Å². The molecule has 1 aliphatic carbocycles. The van der Waals surface area contributed by atoms with Crippen LogP contribution in [0.3, 0.4) is 0 Å². The summed E-state index contributed by atoms with van der Waals surface area (Å²) in [5, 5.41) is 0. The van der Waals surface area contributed by atoms with Crippen molar-refractivity contribution in [2.45, 2.75) is 37.5 Å². The fraction of sp³-hybridized carbons (Fsp3) is 0.400. The highest BCUT2D eigenvalue weighted by molar-refractivity contribution is 9.10. The molecular weight excluding hydrogens is 402 g/mol. The first-order valence-electron chi connectivity index (χ1n) is 8.91. The summed E-state index contributed by atoms with van der Waals surface area (Å²) >= 11 is 3.23. The van der Waals surface area contributed by atoms with E-state index >= 15 is 0 Å². The monoisotopic (exact) mass is 422 g/mol. The molecule has 4 rings (SSSR count). The molecule has 3 nitrogen and oxygen atoms in total. The predicted molar refractivity (Wildman–Crippen MR) is 100 cm³/mol. The number of nitrogens with two attached hydrogens (primary N) is 1. The molecule has 2 aromatic rings. The van der Waals surface area contributed by atoms with Gasteiger partial charge >= 0.3 is 0 Å². The van der Waals surface area contributed by atoms with Crippen molar-refractivity contribution in [3.63, 3.8) is 0 Å². The molecule has 0 aromatic heterocycles. The van der Waals surface area contributed by atoms with Gasteiger partial charge in [-0.1, -0.05) is 24.3 Å². The van der Waals surface area contributed by atoms with Crippen molar-refractivity contribution in [2.75, 3.05) is 13.1 Å². The molecule has 3 unspecified atom stereocenters. The molecule has 0 amide bonds. The van der Waals surface area contributed by atoms with Crippen molar-refractivity contribution in [3.05, 3.63) is 63.6 Å². The summed E-state index contributed by atoms with van der Waals surface area (Å²) in [5.41, 5.74) is 8.44. The minimum atomic E-state index is -0.699. The van der Waals surface area contributed by atoms with E-state index in [0.717, 1.165) is 44.0 Å². The smallest absolute Gasteiger partial charge is 0.170 e. The number of nitrogens with zero attached hydrogens (tertiary/aromatic N) is 1. The highest BCUT2D eigenvalue weighted by atomic mass is 79.9. The van der Waals surface area contributed by atoms with Crippen LogP contribution < -0.4 is 10.5 Å². The lowest BCUT2D eigenvalue weighted by atomic mass is 10.0. The second-order valence-electron chi connectivity index (χ2n) is 7.10. The van der Waals surface area contributed by atoms with Gasteiger partial charge in [0.25, 0.3) is 0 Å². The largest absolute Gasteiger partial charge is 0.480 e. The molecule has 0 saturated carbocycles. The van der Waals surface area contributed by atoms with Crippen LogP contribution in [-0.4, -0.2) is 30.1 Å². The predicted octanol–water partition coefficient (Wildman–Crippen LogP) is 4.20. The van der Waals surface area contributed by atoms with Crippen LogP contribution in [0.1, 0.15) is 30.1 Å². The molecule has 0 spiro atoms. The number of likely N-dealkylation sites (tertiary alicyclic amines) is 1. The zero-order valence-electron chi connectivity index (χ0n) is 14.3. The zero-order chi connectivity index (χ0) is 18.3. The van der Waals surface area contributed by atoms with Gasteiger partial charge in [-0.3, -0.25) is 4.90 Å². The van der Waals surface area contributed by atoms with E-state index in [9.17, 15) is 8.78 Å². The first kappa shape index (κ1) is 17.9. The molecule has 1 fully saturated rings. The Bertz CT molecular complexity index is 793. The number of piperidine rings is 1. The highest BCUT2D eigenvalue weighted by Gasteiger charge is 2.39. The third-order valence-corrected chi connectivity index (χ3v) is 5.90. The van der Waals surface area contributed by atoms with Crippen LogP contribution in [0, 0.1) is 11.6 Å². The van der Waals surface area contributed by atoms with Crippen molar-refractivity contribution in [3.8, 4) is 5.75 Å². The third-order valence-electron chi connectivity index (χ3n) is 5.31. The van der Waals surface area contributed by atoms with Crippen molar-refractivity contribution >= 4 is 15.9 Å². The molecule has 2 N–H and O–H groups in total. The van der Waals surface area contributed by atoms with Crippen molar-refractivity contribution in [1.82, 2.24) is 4.90 Å². The Labute approximate surface area is 160 Å². The number of hydrogen-bond donors (Lipinski definition) is 1. The van der Waals surface area contributed by atoms with Gasteiger partial charge in [-0.05, 0) is 58.9 Å². The second kappa shape index (κ2) is 7.25. The normalized spacial score (nSPS) is 25.9. The Kier molecular flexibility index (Phi) is 4.99. The summed E-state index contributed by atoms with van der Waals surface area (Å²) in [6.07, 6.45) is 2.61. The molecule has 0 radical (unpaired) electrons. The molecule has 1 aliphatic heterocycles. The van der Waals surface area contributed by atoms with Crippen molar-refractivity contribution in [2.24, 2.45) is 5.73 Å². The number of fused-ring (bicyclic) bond motifs is 1. The quantitative estimate of drug-likeness (QED) is 0.805. The maximum atomic E-state index is 14.3. The SMILES string of the molecule is NC1CCCN(C2Cc3ccccc3C2Oc2c(F)cc(F)cc2Br)C1. The summed E-state index contributed by atoms with van der Waals surface area (Å²) < 4.78 is 34.2. The Morgan fingerprint density at radius 1 is 1.19 bits per heavy atom. The summed E-state index contributed by atoms with van der Waals surface area (Å²) in [7, 11) is 0. The molecule has 6 heteroatoms. The lowest BCUT2D eigenvalue weighted by Crippen LogP contribution is -2.49. The van der Waals surface area contributed by atoms with Crippen LogP contribution in [0.15, 0.2) is 40.9 Å². The number of hydrogen-bond acceptors (Lipinski definition) is 3. The highest BCUT2D eigenvalue weighted by Crippen LogP contribution is 2.41. The maximum Gasteiger partial charge on any atom is 0.170 e. The Balaban J connectivity index is 1.68. The third kappa shape index (κ3) is 3.38. The maximum absolute atomic E-state index is 14.3. The minimum absolute atomic E-state index is 0.0550. The van der Waals surface area contributed by atoms with Gasteiger partial charge in [0, 0.05) is 18.7 Å². The molecule has 2 aliphatic rings. The fourth-order valence-corrected chi connectivity index (χ4v) is 4.61. The first-order chi connectivity index (χ1) is 12.5. The first-order valence-corrected chi connectivity index (χ1v) is 9.71. The summed E-state index contributed by atoms with van der Waals surface area (Å²) in [4.78, 5) is 2.36. The van der Waals surface area contributed by atoms with E-state index in [0.29, 0.717) is 0 Å². The number of benzene rings is 2. The van der Waals surface area contributed by atoms with Crippen molar-refractivity contribution in [1.29, 1.82) is 0 Å². The van der Waals surface area contributed by atoms with Crippen LogP contribution in [0.25, 0.3) is 0 Å². The van der Waals surface area contributed by atoms with E-state index in [4.69, 9.17) is 10.5 Å². The van der Waals surface area contributed by atoms with Gasteiger partial charge in [0.2, 0.25) is 0 Å². The van der Waals surface area contributed by atoms with E-state index in [2.05, 4.69) is 26.9 Å². The lowest BCUT2D eigenvalue weighted by molar-refractivity contribution is 0.0565. The van der Waals surface area contributed by atoms with Crippen LogP contribution in [0.2, 0.25) is 0 Å². The molecule has 0 bridgehead atoms. The topological polar surface area (TPSA) is 38.5 Å². The molecule has 3 atom stereocenters. The Morgan fingerprint density at radius 3 is 2.77 bits per heavy atom. The zero-order valence-corrected chi connectivity index (χ0v) is 15.9. The summed E-state index contributed by atoms with van der Waals surface area (Å²) in [6.45, 7) is 1.77. The van der Waals surface area contributed by atoms with Gasteiger partial charge in [0.1, 0.15) is 11.9 Å². The second-order valence-corrected chi connectivity index (χ2v) is 7.96. The van der Waals surface area contributed by atoms with Crippen LogP contribution in [0.4, 0.5) is 8.78 Å². The average molecular weight is 423 g/mol. The number of halogens is 3. The number of ether oxygens (including phenoxy) is 1. The Hall–Kier alpha value is -1.50. The van der Waals surface area contributed by atoms with E-state index < -0.39 is 11.6 Å². The molecule has 1 heterocycles. The molecule has 2 aromatic carbocycles. The molecule has 138 valence electrons. The van der Waals surface area contributed by atoms with E-state index in [-0.39, 0.29) is 28.4 Å². The van der Waals surface area contributed by atoms with Gasteiger partial charge in [0.15, 0.2) is 11.6 Å².